The van der Waals surface area contributed by atoms with Crippen LogP contribution in [0.3, 0.4) is 0 Å². The van der Waals surface area contributed by atoms with Crippen molar-refractivity contribution in [3.05, 3.63) is 106 Å². The molecule has 0 amide bonds. The SMILES string of the molecule is CCCCCCc1ccc(Nc2ccc(Nc3ccc(CCCCCC)cc3S(=O)(=O)[O-])c3c2C(=O)c2ccccc2C3=O)c(S(=O)(=O)[O-])c1. The quantitative estimate of drug-likeness (QED) is 0.0752. The summed E-state index contributed by atoms with van der Waals surface area (Å²) in [6.45, 7) is 4.17. The third-order valence-corrected chi connectivity index (χ3v) is 10.6. The van der Waals surface area contributed by atoms with Gasteiger partial charge in [0.15, 0.2) is 11.6 Å². The number of unbranched alkanes of at least 4 members (excludes halogenated alkanes) is 6. The molecule has 0 fully saturated rings. The van der Waals surface area contributed by atoms with Gasteiger partial charge in [0.25, 0.3) is 0 Å². The second-order valence-electron chi connectivity index (χ2n) is 12.6. The lowest BCUT2D eigenvalue weighted by Gasteiger charge is -2.25. The molecule has 0 heterocycles. The number of carbonyl (C=O) groups is 2. The van der Waals surface area contributed by atoms with Crippen molar-refractivity contribution < 1.29 is 35.5 Å². The van der Waals surface area contributed by atoms with Gasteiger partial charge in [-0.3, -0.25) is 9.59 Å². The minimum Gasteiger partial charge on any atom is -0.744 e. The molecule has 1 aliphatic rings. The first-order valence-corrected chi connectivity index (χ1v) is 19.7. The average molecular weight is 717 g/mol. The predicted molar refractivity (Wildman–Crippen MR) is 191 cm³/mol. The molecule has 0 saturated carbocycles. The standard InChI is InChI=1S/C38H42N2O8S2/c1-3-5-7-9-13-25-17-19-29(33(23-25)49(43,44)45)39-31-21-22-32(36-35(31)37(41)27-15-11-12-16-28(27)38(36)42)40-30-20-18-26(14-10-8-6-4-2)24-34(30)50(46,47)48/h11-12,15-24,39-40H,3-10,13-14H2,1-2H3,(H,43,44,45)(H,46,47,48)/p-2. The summed E-state index contributed by atoms with van der Waals surface area (Å²) in [4.78, 5) is 27.1. The van der Waals surface area contributed by atoms with Gasteiger partial charge in [-0.05, 0) is 73.2 Å². The number of rotatable bonds is 16. The molecule has 0 aromatic heterocycles. The fraction of sp³-hybridized carbons (Fsp3) is 0.316. The fourth-order valence-corrected chi connectivity index (χ4v) is 7.67. The Hall–Kier alpha value is -4.36. The molecule has 0 atom stereocenters. The highest BCUT2D eigenvalue weighted by molar-refractivity contribution is 7.86. The average Bonchev–Trinajstić information content (AvgIpc) is 3.08. The van der Waals surface area contributed by atoms with Crippen LogP contribution in [0.5, 0.6) is 0 Å². The van der Waals surface area contributed by atoms with E-state index in [4.69, 9.17) is 0 Å². The van der Waals surface area contributed by atoms with Crippen LogP contribution in [0, 0.1) is 0 Å². The van der Waals surface area contributed by atoms with Crippen molar-refractivity contribution in [2.75, 3.05) is 10.6 Å². The molecule has 4 aromatic rings. The maximum Gasteiger partial charge on any atom is 0.196 e. The number of aryl methyl sites for hydroxylation is 2. The van der Waals surface area contributed by atoms with Crippen LogP contribution in [0.25, 0.3) is 0 Å². The van der Waals surface area contributed by atoms with E-state index in [0.717, 1.165) is 51.4 Å². The lowest BCUT2D eigenvalue weighted by atomic mass is 9.82. The fourth-order valence-electron chi connectivity index (χ4n) is 6.30. The van der Waals surface area contributed by atoms with Crippen LogP contribution in [-0.4, -0.2) is 37.5 Å². The minimum absolute atomic E-state index is 0.0615. The molecule has 0 radical (unpaired) electrons. The lowest BCUT2D eigenvalue weighted by Crippen LogP contribution is -2.23. The van der Waals surface area contributed by atoms with Gasteiger partial charge in [0.1, 0.15) is 20.2 Å². The summed E-state index contributed by atoms with van der Waals surface area (Å²) in [5, 5.41) is 5.86. The monoisotopic (exact) mass is 716 g/mol. The Bertz CT molecular complexity index is 1990. The van der Waals surface area contributed by atoms with Gasteiger partial charge < -0.3 is 19.7 Å². The summed E-state index contributed by atoms with van der Waals surface area (Å²) in [5.74, 6) is -1.08. The van der Waals surface area contributed by atoms with Gasteiger partial charge in [-0.15, -0.1) is 0 Å². The smallest absolute Gasteiger partial charge is 0.196 e. The maximum absolute atomic E-state index is 14.0. The molecule has 2 N–H and O–H groups in total. The number of anilines is 4. The van der Waals surface area contributed by atoms with E-state index in [1.807, 2.05) is 0 Å². The molecule has 0 bridgehead atoms. The molecular weight excluding hydrogens is 677 g/mol. The van der Waals surface area contributed by atoms with Crippen LogP contribution in [0.4, 0.5) is 22.7 Å². The first-order chi connectivity index (χ1) is 23.8. The number of fused-ring (bicyclic) bond motifs is 2. The van der Waals surface area contributed by atoms with Crippen molar-refractivity contribution in [3.8, 4) is 0 Å². The molecule has 264 valence electrons. The van der Waals surface area contributed by atoms with Gasteiger partial charge >= 0.3 is 0 Å². The van der Waals surface area contributed by atoms with Crippen molar-refractivity contribution in [2.45, 2.75) is 87.8 Å². The molecule has 0 aliphatic heterocycles. The second-order valence-corrected chi connectivity index (χ2v) is 15.3. The zero-order valence-electron chi connectivity index (χ0n) is 28.1. The number of nitrogens with one attached hydrogen (secondary N) is 2. The summed E-state index contributed by atoms with van der Waals surface area (Å²) < 4.78 is 74.5. The van der Waals surface area contributed by atoms with Gasteiger partial charge in [-0.2, -0.15) is 0 Å². The topological polar surface area (TPSA) is 173 Å². The zero-order chi connectivity index (χ0) is 36.1. The van der Waals surface area contributed by atoms with E-state index in [-0.39, 0.29) is 45.0 Å². The number of hydrogen-bond acceptors (Lipinski definition) is 10. The molecule has 0 saturated heterocycles. The molecular formula is C38H40N2O8S2-2. The number of hydrogen-bond donors (Lipinski definition) is 2. The molecule has 1 aliphatic carbocycles. The van der Waals surface area contributed by atoms with E-state index < -0.39 is 41.6 Å². The van der Waals surface area contributed by atoms with Crippen molar-refractivity contribution in [1.29, 1.82) is 0 Å². The van der Waals surface area contributed by atoms with Gasteiger partial charge in [0, 0.05) is 11.1 Å². The first kappa shape index (κ1) is 36.9. The molecule has 50 heavy (non-hydrogen) atoms. The van der Waals surface area contributed by atoms with E-state index in [1.54, 1.807) is 24.3 Å². The molecule has 5 rings (SSSR count). The Morgan fingerprint density at radius 1 is 0.520 bits per heavy atom. The van der Waals surface area contributed by atoms with Crippen molar-refractivity contribution in [2.24, 2.45) is 0 Å². The van der Waals surface area contributed by atoms with E-state index >= 15 is 0 Å². The lowest BCUT2D eigenvalue weighted by molar-refractivity contribution is 0.0980. The Morgan fingerprint density at radius 2 is 0.900 bits per heavy atom. The van der Waals surface area contributed by atoms with Crippen molar-refractivity contribution in [3.63, 3.8) is 0 Å². The van der Waals surface area contributed by atoms with E-state index in [0.29, 0.717) is 24.0 Å². The summed E-state index contributed by atoms with van der Waals surface area (Å²) in [5.41, 5.74) is 1.42. The van der Waals surface area contributed by atoms with Gasteiger partial charge in [-0.1, -0.05) is 88.8 Å². The number of benzene rings is 4. The summed E-state index contributed by atoms with van der Waals surface area (Å²) >= 11 is 0. The van der Waals surface area contributed by atoms with Crippen LogP contribution >= 0.6 is 0 Å². The highest BCUT2D eigenvalue weighted by Crippen LogP contribution is 2.40. The Morgan fingerprint density at radius 3 is 1.26 bits per heavy atom. The molecule has 12 heteroatoms. The summed E-state index contributed by atoms with van der Waals surface area (Å²) in [7, 11) is -9.90. The normalized spacial score (nSPS) is 12.8. The van der Waals surface area contributed by atoms with Crippen LogP contribution < -0.4 is 10.6 Å². The maximum atomic E-state index is 14.0. The summed E-state index contributed by atoms with van der Waals surface area (Å²) in [6.07, 6.45) is 8.91. The number of carbonyl (C=O) groups excluding carboxylic acids is 2. The van der Waals surface area contributed by atoms with Gasteiger partial charge in [0.05, 0.1) is 43.7 Å². The Kier molecular flexibility index (Phi) is 11.6. The largest absolute Gasteiger partial charge is 0.744 e. The van der Waals surface area contributed by atoms with Crippen LogP contribution in [0.15, 0.2) is 82.6 Å². The molecule has 10 nitrogen and oxygen atoms in total. The predicted octanol–water partition coefficient (Wildman–Crippen LogP) is 8.00. The van der Waals surface area contributed by atoms with Gasteiger partial charge in [0.2, 0.25) is 0 Å². The van der Waals surface area contributed by atoms with E-state index in [9.17, 15) is 35.5 Å². The molecule has 4 aromatic carbocycles. The minimum atomic E-state index is -4.95. The van der Waals surface area contributed by atoms with Crippen LogP contribution in [0.2, 0.25) is 0 Å². The highest BCUT2D eigenvalue weighted by atomic mass is 32.2. The Balaban J connectivity index is 1.58. The summed E-state index contributed by atoms with van der Waals surface area (Å²) in [6, 6.07) is 18.1. The molecule has 0 unspecified atom stereocenters. The van der Waals surface area contributed by atoms with Gasteiger partial charge in [-0.25, -0.2) is 16.8 Å². The third kappa shape index (κ3) is 8.32. The second kappa shape index (κ2) is 15.7. The zero-order valence-corrected chi connectivity index (χ0v) is 29.7. The molecule has 0 spiro atoms. The van der Waals surface area contributed by atoms with E-state index in [1.165, 1.54) is 48.5 Å². The van der Waals surface area contributed by atoms with E-state index in [2.05, 4.69) is 24.5 Å². The van der Waals surface area contributed by atoms with Crippen molar-refractivity contribution >= 4 is 54.6 Å². The third-order valence-electron chi connectivity index (χ3n) is 8.88. The van der Waals surface area contributed by atoms with Crippen LogP contribution in [0.1, 0.15) is 108 Å². The number of ketones is 2. The highest BCUT2D eigenvalue weighted by Gasteiger charge is 2.34. The first-order valence-electron chi connectivity index (χ1n) is 16.9. The Labute approximate surface area is 293 Å². The van der Waals surface area contributed by atoms with Crippen LogP contribution in [-0.2, 0) is 33.1 Å². The van der Waals surface area contributed by atoms with Crippen molar-refractivity contribution in [1.82, 2.24) is 0 Å².